The van der Waals surface area contributed by atoms with E-state index in [0.717, 1.165) is 12.2 Å². The van der Waals surface area contributed by atoms with Gasteiger partial charge in [-0.25, -0.2) is 0 Å². The zero-order valence-corrected chi connectivity index (χ0v) is 19.7. The Morgan fingerprint density at radius 1 is 0.909 bits per heavy atom. The quantitative estimate of drug-likeness (QED) is 0.478. The van der Waals surface area contributed by atoms with E-state index in [9.17, 15) is 9.59 Å². The Labute approximate surface area is 195 Å². The van der Waals surface area contributed by atoms with Crippen LogP contribution in [0.15, 0.2) is 54.2 Å². The van der Waals surface area contributed by atoms with Gasteiger partial charge in [0.05, 0.1) is 38.0 Å². The molecule has 7 heteroatoms. The number of anilines is 1. The third-order valence-corrected chi connectivity index (χ3v) is 4.96. The molecule has 1 aliphatic heterocycles. The molecular weight excluding hydrogens is 420 g/mol. The molecule has 2 amide bonds. The van der Waals surface area contributed by atoms with Crippen molar-refractivity contribution in [2.45, 2.75) is 40.2 Å². The van der Waals surface area contributed by atoms with Crippen LogP contribution >= 0.6 is 0 Å². The molecule has 2 aromatic rings. The van der Waals surface area contributed by atoms with Crippen LogP contribution < -0.4 is 14.8 Å². The van der Waals surface area contributed by atoms with Crippen molar-refractivity contribution in [1.29, 1.82) is 0 Å². The fourth-order valence-electron chi connectivity index (χ4n) is 3.45. The van der Waals surface area contributed by atoms with Crippen molar-refractivity contribution in [1.82, 2.24) is 4.90 Å². The SMILES string of the molecule is CCCOc1ccc(C2=C(Nc3cccc(OCC)c3)C(=O)N(CCOC(C)C)C2=O)cc1. The molecule has 0 spiro atoms. The van der Waals surface area contributed by atoms with Gasteiger partial charge in [-0.05, 0) is 57.0 Å². The molecule has 176 valence electrons. The number of carbonyl (C=O) groups excluding carboxylic acids is 2. The summed E-state index contributed by atoms with van der Waals surface area (Å²) in [7, 11) is 0. The first-order chi connectivity index (χ1) is 15.9. The summed E-state index contributed by atoms with van der Waals surface area (Å²) in [4.78, 5) is 27.8. The highest BCUT2D eigenvalue weighted by Crippen LogP contribution is 2.32. The summed E-state index contributed by atoms with van der Waals surface area (Å²) in [6.07, 6.45) is 0.919. The minimum atomic E-state index is -0.379. The second-order valence-electron chi connectivity index (χ2n) is 7.89. The predicted octanol–water partition coefficient (Wildman–Crippen LogP) is 4.49. The van der Waals surface area contributed by atoms with E-state index in [1.54, 1.807) is 18.2 Å². The first-order valence-electron chi connectivity index (χ1n) is 11.4. The van der Waals surface area contributed by atoms with Crippen molar-refractivity contribution in [2.24, 2.45) is 0 Å². The zero-order valence-electron chi connectivity index (χ0n) is 19.7. The van der Waals surface area contributed by atoms with Crippen LogP contribution in [-0.2, 0) is 14.3 Å². The highest BCUT2D eigenvalue weighted by atomic mass is 16.5. The smallest absolute Gasteiger partial charge is 0.278 e. The molecule has 3 rings (SSSR count). The van der Waals surface area contributed by atoms with Crippen LogP contribution in [0.25, 0.3) is 5.57 Å². The molecule has 0 saturated carbocycles. The molecule has 1 aliphatic rings. The molecule has 33 heavy (non-hydrogen) atoms. The Hall–Kier alpha value is -3.32. The lowest BCUT2D eigenvalue weighted by Crippen LogP contribution is -2.35. The van der Waals surface area contributed by atoms with Gasteiger partial charge in [0.1, 0.15) is 17.2 Å². The van der Waals surface area contributed by atoms with Crippen LogP contribution in [0, 0.1) is 0 Å². The van der Waals surface area contributed by atoms with E-state index in [4.69, 9.17) is 14.2 Å². The average Bonchev–Trinajstić information content (AvgIpc) is 3.02. The number of carbonyl (C=O) groups is 2. The fourth-order valence-corrected chi connectivity index (χ4v) is 3.45. The van der Waals surface area contributed by atoms with Gasteiger partial charge in [-0.3, -0.25) is 14.5 Å². The van der Waals surface area contributed by atoms with Crippen LogP contribution in [-0.4, -0.2) is 49.2 Å². The van der Waals surface area contributed by atoms with E-state index >= 15 is 0 Å². The van der Waals surface area contributed by atoms with Crippen LogP contribution in [0.1, 0.15) is 39.7 Å². The van der Waals surface area contributed by atoms with E-state index in [1.807, 2.05) is 58.0 Å². The number of nitrogens with one attached hydrogen (secondary N) is 1. The van der Waals surface area contributed by atoms with Crippen LogP contribution in [0.2, 0.25) is 0 Å². The van der Waals surface area contributed by atoms with Gasteiger partial charge in [0, 0.05) is 11.8 Å². The van der Waals surface area contributed by atoms with Gasteiger partial charge in [0.15, 0.2) is 0 Å². The Morgan fingerprint density at radius 2 is 1.67 bits per heavy atom. The van der Waals surface area contributed by atoms with E-state index in [1.165, 1.54) is 4.90 Å². The third-order valence-electron chi connectivity index (χ3n) is 4.96. The maximum atomic E-state index is 13.3. The molecule has 0 saturated heterocycles. The molecular formula is C26H32N2O5. The normalized spacial score (nSPS) is 13.8. The van der Waals surface area contributed by atoms with Gasteiger partial charge in [0.25, 0.3) is 11.8 Å². The number of nitrogens with zero attached hydrogens (tertiary/aromatic N) is 1. The number of ether oxygens (including phenoxy) is 3. The Kier molecular flexibility index (Phi) is 8.49. The second kappa shape index (κ2) is 11.5. The topological polar surface area (TPSA) is 77.1 Å². The first-order valence-corrected chi connectivity index (χ1v) is 11.4. The Balaban J connectivity index is 1.92. The summed E-state index contributed by atoms with van der Waals surface area (Å²) in [6, 6.07) is 14.5. The molecule has 1 N–H and O–H groups in total. The number of rotatable bonds is 12. The number of amides is 2. The summed E-state index contributed by atoms with van der Waals surface area (Å²) in [6.45, 7) is 9.39. The van der Waals surface area contributed by atoms with Gasteiger partial charge in [0.2, 0.25) is 0 Å². The first kappa shape index (κ1) is 24.3. The van der Waals surface area contributed by atoms with Gasteiger partial charge < -0.3 is 19.5 Å². The number of benzene rings is 2. The Morgan fingerprint density at radius 3 is 2.33 bits per heavy atom. The van der Waals surface area contributed by atoms with Crippen molar-refractivity contribution in [3.8, 4) is 11.5 Å². The molecule has 0 aromatic heterocycles. The minimum absolute atomic E-state index is 0.0137. The van der Waals surface area contributed by atoms with Gasteiger partial charge in [-0.15, -0.1) is 0 Å². The van der Waals surface area contributed by atoms with Crippen molar-refractivity contribution < 1.29 is 23.8 Å². The van der Waals surface area contributed by atoms with E-state index in [0.29, 0.717) is 35.8 Å². The molecule has 1 heterocycles. The summed E-state index contributed by atoms with van der Waals surface area (Å²) in [5.41, 5.74) is 1.87. The van der Waals surface area contributed by atoms with Crippen LogP contribution in [0.4, 0.5) is 5.69 Å². The molecule has 0 radical (unpaired) electrons. The molecule has 0 fully saturated rings. The monoisotopic (exact) mass is 452 g/mol. The van der Waals surface area contributed by atoms with Crippen LogP contribution in [0.5, 0.6) is 11.5 Å². The average molecular weight is 453 g/mol. The van der Waals surface area contributed by atoms with Gasteiger partial charge >= 0.3 is 0 Å². The maximum absolute atomic E-state index is 13.3. The maximum Gasteiger partial charge on any atom is 0.278 e. The molecule has 0 unspecified atom stereocenters. The highest BCUT2D eigenvalue weighted by molar-refractivity contribution is 6.36. The summed E-state index contributed by atoms with van der Waals surface area (Å²) >= 11 is 0. The molecule has 0 aliphatic carbocycles. The Bertz CT molecular complexity index is 998. The number of hydrogen-bond donors (Lipinski definition) is 1. The van der Waals surface area contributed by atoms with E-state index in [-0.39, 0.29) is 36.8 Å². The molecule has 2 aromatic carbocycles. The lowest BCUT2D eigenvalue weighted by molar-refractivity contribution is -0.137. The molecule has 0 bridgehead atoms. The standard InChI is InChI=1S/C26H32N2O5/c1-5-15-33-21-12-10-19(11-13-21)23-24(27-20-8-7-9-22(17-20)31-6-2)26(30)28(25(23)29)14-16-32-18(3)4/h7-13,17-18,27H,5-6,14-16H2,1-4H3. The lowest BCUT2D eigenvalue weighted by atomic mass is 10.0. The fraction of sp³-hybridized carbons (Fsp3) is 0.385. The zero-order chi connectivity index (χ0) is 23.8. The van der Waals surface area contributed by atoms with Crippen molar-refractivity contribution in [2.75, 3.05) is 31.7 Å². The number of imide groups is 1. The third kappa shape index (κ3) is 6.14. The molecule has 0 atom stereocenters. The van der Waals surface area contributed by atoms with E-state index < -0.39 is 0 Å². The van der Waals surface area contributed by atoms with Crippen molar-refractivity contribution in [3.63, 3.8) is 0 Å². The summed E-state index contributed by atoms with van der Waals surface area (Å²) in [5, 5.41) is 3.16. The molecule has 7 nitrogen and oxygen atoms in total. The summed E-state index contributed by atoms with van der Waals surface area (Å²) in [5.74, 6) is 0.675. The van der Waals surface area contributed by atoms with Gasteiger partial charge in [-0.1, -0.05) is 25.1 Å². The predicted molar refractivity (Wildman–Crippen MR) is 128 cm³/mol. The number of hydrogen-bond acceptors (Lipinski definition) is 6. The largest absolute Gasteiger partial charge is 0.494 e. The van der Waals surface area contributed by atoms with Crippen molar-refractivity contribution >= 4 is 23.1 Å². The minimum Gasteiger partial charge on any atom is -0.494 e. The van der Waals surface area contributed by atoms with Gasteiger partial charge in [-0.2, -0.15) is 0 Å². The lowest BCUT2D eigenvalue weighted by Gasteiger charge is -2.16. The summed E-state index contributed by atoms with van der Waals surface area (Å²) < 4.78 is 16.8. The van der Waals surface area contributed by atoms with Crippen molar-refractivity contribution in [3.05, 3.63) is 59.8 Å². The second-order valence-corrected chi connectivity index (χ2v) is 7.89. The highest BCUT2D eigenvalue weighted by Gasteiger charge is 2.39. The van der Waals surface area contributed by atoms with E-state index in [2.05, 4.69) is 5.32 Å². The van der Waals surface area contributed by atoms with Crippen LogP contribution in [0.3, 0.4) is 0 Å².